The third-order valence-electron chi connectivity index (χ3n) is 4.81. The lowest BCUT2D eigenvalue weighted by atomic mass is 10.1. The van der Waals surface area contributed by atoms with Crippen LogP contribution in [-0.2, 0) is 4.79 Å². The van der Waals surface area contributed by atoms with Gasteiger partial charge in [-0.05, 0) is 55.3 Å². The Morgan fingerprint density at radius 1 is 1.15 bits per heavy atom. The van der Waals surface area contributed by atoms with Crippen LogP contribution in [0.3, 0.4) is 0 Å². The highest BCUT2D eigenvalue weighted by Gasteiger charge is 2.34. The Bertz CT molecular complexity index is 983. The van der Waals surface area contributed by atoms with E-state index in [1.54, 1.807) is 17.0 Å². The van der Waals surface area contributed by atoms with Gasteiger partial charge in [-0.3, -0.25) is 4.79 Å². The highest BCUT2D eigenvalue weighted by Crippen LogP contribution is 2.32. The monoisotopic (exact) mass is 351 g/mol. The number of carbonyl (C=O) groups excluding carboxylic acids is 1. The van der Waals surface area contributed by atoms with Gasteiger partial charge in [0.25, 0.3) is 5.89 Å². The van der Waals surface area contributed by atoms with Crippen molar-refractivity contribution in [2.45, 2.75) is 26.2 Å². The van der Waals surface area contributed by atoms with Crippen LogP contribution in [0.5, 0.6) is 0 Å². The van der Waals surface area contributed by atoms with Gasteiger partial charge < -0.3 is 9.42 Å². The number of benzene rings is 2. The van der Waals surface area contributed by atoms with Crippen molar-refractivity contribution in [3.63, 3.8) is 0 Å². The molecule has 0 radical (unpaired) electrons. The molecule has 2 heterocycles. The van der Waals surface area contributed by atoms with Gasteiger partial charge in [-0.25, -0.2) is 4.39 Å². The number of hydrogen-bond acceptors (Lipinski definition) is 4. The van der Waals surface area contributed by atoms with E-state index in [0.717, 1.165) is 11.1 Å². The number of hydrogen-bond donors (Lipinski definition) is 0. The molecule has 1 fully saturated rings. The van der Waals surface area contributed by atoms with Gasteiger partial charge in [-0.15, -0.1) is 0 Å². The lowest BCUT2D eigenvalue weighted by Crippen LogP contribution is -2.24. The van der Waals surface area contributed by atoms with Crippen LogP contribution in [0.2, 0.25) is 0 Å². The predicted octanol–water partition coefficient (Wildman–Crippen LogP) is 4.01. The molecule has 0 saturated carbocycles. The lowest BCUT2D eigenvalue weighted by Gasteiger charge is -2.15. The van der Waals surface area contributed by atoms with Crippen LogP contribution in [-0.4, -0.2) is 22.6 Å². The minimum Gasteiger partial charge on any atom is -0.334 e. The summed E-state index contributed by atoms with van der Waals surface area (Å²) in [6.45, 7) is 4.49. The molecule has 0 N–H and O–H groups in total. The second-order valence-corrected chi connectivity index (χ2v) is 6.64. The van der Waals surface area contributed by atoms with Crippen molar-refractivity contribution in [1.82, 2.24) is 10.1 Å². The molecular formula is C20H18FN3O2. The summed E-state index contributed by atoms with van der Waals surface area (Å²) < 4.78 is 18.8. The fourth-order valence-electron chi connectivity index (χ4n) is 3.17. The topological polar surface area (TPSA) is 59.2 Å². The summed E-state index contributed by atoms with van der Waals surface area (Å²) in [5.41, 5.74) is 3.75. The summed E-state index contributed by atoms with van der Waals surface area (Å²) in [6, 6.07) is 12.0. The van der Waals surface area contributed by atoms with Crippen molar-refractivity contribution in [2.75, 3.05) is 11.4 Å². The Hall–Kier alpha value is -3.02. The Morgan fingerprint density at radius 3 is 2.77 bits per heavy atom. The van der Waals surface area contributed by atoms with Crippen LogP contribution in [0.4, 0.5) is 10.1 Å². The first kappa shape index (κ1) is 16.4. The smallest absolute Gasteiger partial charge is 0.257 e. The van der Waals surface area contributed by atoms with E-state index in [1.807, 2.05) is 32.0 Å². The van der Waals surface area contributed by atoms with Gasteiger partial charge in [0, 0.05) is 30.1 Å². The fourth-order valence-corrected chi connectivity index (χ4v) is 3.17. The maximum atomic E-state index is 13.4. The highest BCUT2D eigenvalue weighted by molar-refractivity contribution is 5.96. The number of halogens is 1. The molecule has 1 aliphatic heterocycles. The van der Waals surface area contributed by atoms with E-state index in [0.29, 0.717) is 23.9 Å². The Balaban J connectivity index is 1.57. The highest BCUT2D eigenvalue weighted by atomic mass is 19.1. The molecule has 1 unspecified atom stereocenters. The van der Waals surface area contributed by atoms with Crippen molar-refractivity contribution in [2.24, 2.45) is 0 Å². The number of amides is 1. The van der Waals surface area contributed by atoms with E-state index in [4.69, 9.17) is 4.52 Å². The predicted molar refractivity (Wildman–Crippen MR) is 95.3 cm³/mol. The van der Waals surface area contributed by atoms with Crippen LogP contribution in [0, 0.1) is 19.7 Å². The molecule has 26 heavy (non-hydrogen) atoms. The van der Waals surface area contributed by atoms with Gasteiger partial charge in [0.15, 0.2) is 5.82 Å². The molecule has 132 valence electrons. The quantitative estimate of drug-likeness (QED) is 0.715. The number of nitrogens with zero attached hydrogens (tertiary/aromatic N) is 3. The zero-order valence-corrected chi connectivity index (χ0v) is 14.6. The summed E-state index contributed by atoms with van der Waals surface area (Å²) in [4.78, 5) is 18.4. The molecule has 0 spiro atoms. The summed E-state index contributed by atoms with van der Waals surface area (Å²) in [6.07, 6.45) is 0.280. The van der Waals surface area contributed by atoms with E-state index in [1.165, 1.54) is 17.7 Å². The molecule has 2 aromatic carbocycles. The van der Waals surface area contributed by atoms with Gasteiger partial charge in [0.05, 0.1) is 0 Å². The summed E-state index contributed by atoms with van der Waals surface area (Å²) in [7, 11) is 0. The molecular weight excluding hydrogens is 333 g/mol. The van der Waals surface area contributed by atoms with Crippen molar-refractivity contribution >= 4 is 11.6 Å². The van der Waals surface area contributed by atoms with E-state index in [-0.39, 0.29) is 24.1 Å². The van der Waals surface area contributed by atoms with Crippen LogP contribution in [0.1, 0.15) is 29.3 Å². The average Bonchev–Trinajstić information content (AvgIpc) is 3.24. The van der Waals surface area contributed by atoms with Crippen LogP contribution in [0.15, 0.2) is 47.0 Å². The van der Waals surface area contributed by atoms with Crippen LogP contribution < -0.4 is 4.90 Å². The van der Waals surface area contributed by atoms with Gasteiger partial charge in [-0.2, -0.15) is 4.98 Å². The van der Waals surface area contributed by atoms with E-state index < -0.39 is 0 Å². The molecule has 4 rings (SSSR count). The van der Waals surface area contributed by atoms with Gasteiger partial charge in [0.1, 0.15) is 5.82 Å². The summed E-state index contributed by atoms with van der Waals surface area (Å²) >= 11 is 0. The number of rotatable bonds is 3. The van der Waals surface area contributed by atoms with E-state index in [2.05, 4.69) is 10.1 Å². The Kier molecular flexibility index (Phi) is 4.03. The van der Waals surface area contributed by atoms with Gasteiger partial charge in [0.2, 0.25) is 5.91 Å². The zero-order chi connectivity index (χ0) is 18.3. The normalized spacial score (nSPS) is 17.1. The fraction of sp³-hybridized carbons (Fsp3) is 0.250. The molecule has 5 nitrogen and oxygen atoms in total. The zero-order valence-electron chi connectivity index (χ0n) is 14.6. The Labute approximate surface area is 150 Å². The largest absolute Gasteiger partial charge is 0.334 e. The SMILES string of the molecule is Cc1ccc(-c2nc(C3CC(=O)N(c4cccc(F)c4)C3)no2)cc1C. The first-order valence-corrected chi connectivity index (χ1v) is 8.48. The third kappa shape index (κ3) is 2.98. The first-order valence-electron chi connectivity index (χ1n) is 8.48. The minimum atomic E-state index is -0.365. The van der Waals surface area contributed by atoms with Gasteiger partial charge in [-0.1, -0.05) is 17.3 Å². The van der Waals surface area contributed by atoms with Crippen LogP contribution >= 0.6 is 0 Å². The number of anilines is 1. The van der Waals surface area contributed by atoms with Gasteiger partial charge >= 0.3 is 0 Å². The average molecular weight is 351 g/mol. The number of aromatic nitrogens is 2. The summed E-state index contributed by atoms with van der Waals surface area (Å²) in [5, 5.41) is 4.07. The molecule has 1 aliphatic rings. The third-order valence-corrected chi connectivity index (χ3v) is 4.81. The van der Waals surface area contributed by atoms with E-state index in [9.17, 15) is 9.18 Å². The molecule has 1 saturated heterocycles. The molecule has 6 heteroatoms. The Morgan fingerprint density at radius 2 is 2.00 bits per heavy atom. The molecule has 3 aromatic rings. The molecule has 1 aromatic heterocycles. The maximum absolute atomic E-state index is 13.4. The van der Waals surface area contributed by atoms with Crippen molar-refractivity contribution in [3.8, 4) is 11.5 Å². The van der Waals surface area contributed by atoms with E-state index >= 15 is 0 Å². The summed E-state index contributed by atoms with van der Waals surface area (Å²) in [5.74, 6) is 0.341. The van der Waals surface area contributed by atoms with Crippen molar-refractivity contribution in [1.29, 1.82) is 0 Å². The number of aryl methyl sites for hydroxylation is 2. The maximum Gasteiger partial charge on any atom is 0.257 e. The minimum absolute atomic E-state index is 0.0712. The van der Waals surface area contributed by atoms with Crippen molar-refractivity contribution in [3.05, 3.63) is 65.2 Å². The molecule has 0 bridgehead atoms. The van der Waals surface area contributed by atoms with Crippen LogP contribution in [0.25, 0.3) is 11.5 Å². The standard InChI is InChI=1S/C20H18FN3O2/c1-12-6-7-14(8-13(12)2)20-22-19(23-26-20)15-9-18(25)24(11-15)17-5-3-4-16(21)10-17/h3-8,10,15H,9,11H2,1-2H3. The molecule has 1 amide bonds. The first-order chi connectivity index (χ1) is 12.5. The second kappa shape index (κ2) is 6.37. The molecule has 1 atom stereocenters. The van der Waals surface area contributed by atoms with Crippen molar-refractivity contribution < 1.29 is 13.7 Å². The lowest BCUT2D eigenvalue weighted by molar-refractivity contribution is -0.117. The number of carbonyl (C=O) groups is 1. The second-order valence-electron chi connectivity index (χ2n) is 6.64. The molecule has 0 aliphatic carbocycles.